The van der Waals surface area contributed by atoms with Crippen LogP contribution in [0.4, 0.5) is 0 Å². The van der Waals surface area contributed by atoms with Crippen molar-refractivity contribution in [1.29, 1.82) is 0 Å². The lowest BCUT2D eigenvalue weighted by atomic mass is 9.43. The first-order valence-corrected chi connectivity index (χ1v) is 15.7. The summed E-state index contributed by atoms with van der Waals surface area (Å²) in [6, 6.07) is -0.645. The minimum absolute atomic E-state index is 0.0238. The summed E-state index contributed by atoms with van der Waals surface area (Å²) in [4.78, 5) is 31.3. The molecule has 226 valence electrons. The zero-order chi connectivity index (χ0) is 29.3. The van der Waals surface area contributed by atoms with Crippen molar-refractivity contribution in [1.82, 2.24) is 16.0 Å². The van der Waals surface area contributed by atoms with Gasteiger partial charge >= 0.3 is 7.12 Å². The van der Waals surface area contributed by atoms with Crippen LogP contribution in [0.1, 0.15) is 106 Å². The van der Waals surface area contributed by atoms with Gasteiger partial charge in [-0.2, -0.15) is 0 Å². The van der Waals surface area contributed by atoms with E-state index in [1.165, 1.54) is 6.42 Å². The third kappa shape index (κ3) is 6.32. The van der Waals surface area contributed by atoms with Crippen molar-refractivity contribution < 1.29 is 18.9 Å². The van der Waals surface area contributed by atoms with Crippen LogP contribution in [0.5, 0.6) is 0 Å². The van der Waals surface area contributed by atoms with Gasteiger partial charge in [0.2, 0.25) is 11.8 Å². The summed E-state index contributed by atoms with van der Waals surface area (Å²) < 4.78 is 13.3. The standard InChI is InChI=1S/C30H54BN5O4/c1-19(2)16-24(31-39-23-18-20-17-22(28(20,3)4)30(23,6)40-31)36-25(37)21(12-11-15-34-27(32)33-7)35-26(38)29(5)13-9-8-10-14-29/h19-24H,8-18H2,1-7H3,(H,35,38)(H,36,37)(H3,32,33,34)/t20-,21-,22-,23+,24-,30-/m0/s1. The first kappa shape index (κ1) is 31.1. The van der Waals surface area contributed by atoms with Crippen LogP contribution in [-0.4, -0.2) is 62.2 Å². The second-order valence-corrected chi connectivity index (χ2v) is 14.4. The van der Waals surface area contributed by atoms with Crippen LogP contribution < -0.4 is 21.7 Å². The average molecular weight is 560 g/mol. The lowest BCUT2D eigenvalue weighted by molar-refractivity contribution is -0.199. The number of rotatable bonds is 11. The van der Waals surface area contributed by atoms with E-state index in [-0.39, 0.29) is 34.9 Å². The zero-order valence-electron chi connectivity index (χ0n) is 26.0. The SMILES string of the molecule is CN=C(N)NCCC[C@H](NC(=O)C1(C)CCCCC1)C(=O)N[C@@H](CC(C)C)B1O[C@@H]2C[C@@H]3C[C@@H](C3(C)C)[C@]2(C)O1. The normalized spacial score (nSPS) is 32.0. The Kier molecular flexibility index (Phi) is 9.50. The van der Waals surface area contributed by atoms with Crippen molar-refractivity contribution >= 4 is 24.9 Å². The molecule has 9 nitrogen and oxygen atoms in total. The van der Waals surface area contributed by atoms with Gasteiger partial charge in [0.1, 0.15) is 6.04 Å². The molecule has 5 N–H and O–H groups in total. The predicted octanol–water partition coefficient (Wildman–Crippen LogP) is 3.55. The monoisotopic (exact) mass is 559 g/mol. The number of nitrogens with one attached hydrogen (secondary N) is 3. The Hall–Kier alpha value is -1.81. The van der Waals surface area contributed by atoms with E-state index in [4.69, 9.17) is 15.0 Å². The average Bonchev–Trinajstić information content (AvgIpc) is 3.27. The van der Waals surface area contributed by atoms with Crippen LogP contribution in [-0.2, 0) is 18.9 Å². The smallest absolute Gasteiger partial charge is 0.404 e. The number of nitrogens with two attached hydrogens (primary N) is 1. The van der Waals surface area contributed by atoms with Gasteiger partial charge < -0.3 is 31.0 Å². The maximum Gasteiger partial charge on any atom is 0.481 e. The molecule has 5 rings (SSSR count). The second kappa shape index (κ2) is 12.2. The lowest BCUT2D eigenvalue weighted by Crippen LogP contribution is -2.65. The Bertz CT molecular complexity index is 952. The highest BCUT2D eigenvalue weighted by Crippen LogP contribution is 2.65. The highest BCUT2D eigenvalue weighted by molar-refractivity contribution is 6.48. The molecule has 0 aromatic rings. The Labute approximate surface area is 242 Å². The minimum atomic E-state index is -0.645. The summed E-state index contributed by atoms with van der Waals surface area (Å²) in [6.45, 7) is 13.8. The van der Waals surface area contributed by atoms with E-state index in [1.54, 1.807) is 7.05 Å². The van der Waals surface area contributed by atoms with Crippen molar-refractivity contribution in [2.75, 3.05) is 13.6 Å². The van der Waals surface area contributed by atoms with Crippen LogP contribution in [0.3, 0.4) is 0 Å². The molecule has 1 heterocycles. The maximum atomic E-state index is 13.9. The van der Waals surface area contributed by atoms with E-state index in [9.17, 15) is 9.59 Å². The molecule has 5 fully saturated rings. The number of hydrogen-bond donors (Lipinski definition) is 4. The Balaban J connectivity index is 1.46. The van der Waals surface area contributed by atoms with Crippen molar-refractivity contribution in [2.45, 2.75) is 129 Å². The van der Waals surface area contributed by atoms with Gasteiger partial charge in [-0.05, 0) is 75.0 Å². The quantitative estimate of drug-likeness (QED) is 0.133. The largest absolute Gasteiger partial charge is 0.481 e. The minimum Gasteiger partial charge on any atom is -0.404 e. The molecule has 0 radical (unpaired) electrons. The van der Waals surface area contributed by atoms with Crippen LogP contribution >= 0.6 is 0 Å². The van der Waals surface area contributed by atoms with E-state index in [0.29, 0.717) is 43.1 Å². The molecule has 1 saturated heterocycles. The molecule has 2 amide bonds. The molecular formula is C30H54BN5O4. The molecule has 1 aliphatic heterocycles. The number of hydrogen-bond acceptors (Lipinski definition) is 5. The van der Waals surface area contributed by atoms with Crippen LogP contribution in [0.25, 0.3) is 0 Å². The Morgan fingerprint density at radius 2 is 1.77 bits per heavy atom. The fourth-order valence-corrected chi connectivity index (χ4v) is 7.86. The molecule has 6 atom stereocenters. The summed E-state index contributed by atoms with van der Waals surface area (Å²) in [5.41, 5.74) is 5.27. The molecule has 5 aliphatic rings. The number of carbonyl (C=O) groups excluding carboxylic acids is 2. The fraction of sp³-hybridized carbons (Fsp3) is 0.900. The first-order chi connectivity index (χ1) is 18.8. The van der Waals surface area contributed by atoms with Gasteiger partial charge in [-0.1, -0.05) is 53.9 Å². The number of guanidine groups is 1. The molecular weight excluding hydrogens is 505 g/mol. The highest BCUT2D eigenvalue weighted by Gasteiger charge is 2.68. The zero-order valence-corrected chi connectivity index (χ0v) is 26.0. The van der Waals surface area contributed by atoms with Crippen molar-refractivity contribution in [3.8, 4) is 0 Å². The van der Waals surface area contributed by atoms with E-state index in [0.717, 1.165) is 44.9 Å². The topological polar surface area (TPSA) is 127 Å². The number of carbonyl (C=O) groups is 2. The van der Waals surface area contributed by atoms with Crippen molar-refractivity contribution in [3.05, 3.63) is 0 Å². The lowest BCUT2D eigenvalue weighted by Gasteiger charge is -2.64. The molecule has 0 aromatic heterocycles. The molecule has 0 spiro atoms. The Morgan fingerprint density at radius 1 is 1.07 bits per heavy atom. The van der Waals surface area contributed by atoms with Gasteiger partial charge in [-0.25, -0.2) is 0 Å². The summed E-state index contributed by atoms with van der Waals surface area (Å²) in [6.07, 6.45) is 9.12. The van der Waals surface area contributed by atoms with Crippen LogP contribution in [0.15, 0.2) is 4.99 Å². The summed E-state index contributed by atoms with van der Waals surface area (Å²) in [5, 5.41) is 9.47. The highest BCUT2D eigenvalue weighted by atomic mass is 16.7. The van der Waals surface area contributed by atoms with E-state index >= 15 is 0 Å². The van der Waals surface area contributed by atoms with Gasteiger partial charge in [0.25, 0.3) is 0 Å². The van der Waals surface area contributed by atoms with Gasteiger partial charge in [0.05, 0.1) is 17.6 Å². The molecule has 4 saturated carbocycles. The van der Waals surface area contributed by atoms with Crippen molar-refractivity contribution in [2.24, 2.45) is 39.3 Å². The third-order valence-electron chi connectivity index (χ3n) is 10.7. The molecule has 0 aromatic carbocycles. The Morgan fingerprint density at radius 3 is 2.40 bits per heavy atom. The van der Waals surface area contributed by atoms with E-state index < -0.39 is 18.6 Å². The first-order valence-electron chi connectivity index (χ1n) is 15.7. The van der Waals surface area contributed by atoms with Gasteiger partial charge in [-0.15, -0.1) is 0 Å². The molecule has 40 heavy (non-hydrogen) atoms. The molecule has 4 aliphatic carbocycles. The molecule has 0 unspecified atom stereocenters. The van der Waals surface area contributed by atoms with Crippen LogP contribution in [0, 0.1) is 28.6 Å². The fourth-order valence-electron chi connectivity index (χ4n) is 7.86. The van der Waals surface area contributed by atoms with E-state index in [1.807, 2.05) is 6.92 Å². The third-order valence-corrected chi connectivity index (χ3v) is 10.7. The predicted molar refractivity (Wildman–Crippen MR) is 159 cm³/mol. The van der Waals surface area contributed by atoms with Gasteiger partial charge in [0, 0.05) is 19.0 Å². The van der Waals surface area contributed by atoms with E-state index in [2.05, 4.69) is 55.6 Å². The summed E-state index contributed by atoms with van der Waals surface area (Å²) in [5.74, 6) is 1.34. The van der Waals surface area contributed by atoms with Gasteiger partial charge in [-0.3, -0.25) is 14.6 Å². The maximum absolute atomic E-state index is 13.9. The molecule has 10 heteroatoms. The van der Waals surface area contributed by atoms with Crippen molar-refractivity contribution in [3.63, 3.8) is 0 Å². The van der Waals surface area contributed by atoms with Gasteiger partial charge in [0.15, 0.2) is 5.96 Å². The number of nitrogens with zero attached hydrogens (tertiary/aromatic N) is 1. The number of aliphatic imine (C=N–C) groups is 1. The summed E-state index contributed by atoms with van der Waals surface area (Å²) >= 11 is 0. The number of amides is 2. The van der Waals surface area contributed by atoms with Crippen LogP contribution in [0.2, 0.25) is 0 Å². The summed E-state index contributed by atoms with van der Waals surface area (Å²) in [7, 11) is 1.14. The second-order valence-electron chi connectivity index (χ2n) is 14.4. The molecule has 2 bridgehead atoms.